The molecule has 0 N–H and O–H groups in total. The van der Waals surface area contributed by atoms with Crippen LogP contribution in [-0.2, 0) is 0 Å². The van der Waals surface area contributed by atoms with Crippen LogP contribution in [0.5, 0.6) is 0 Å². The maximum Gasteiger partial charge on any atom is 0.178 e. The van der Waals surface area contributed by atoms with Crippen molar-refractivity contribution >= 4 is 0 Å². The van der Waals surface area contributed by atoms with Crippen molar-refractivity contribution in [3.8, 4) is 11.5 Å². The number of pyridine rings is 1. The SMILES string of the molecule is Cc1cc(C)nc(-c2ccccn2)n1. The number of aromatic nitrogens is 3. The predicted molar refractivity (Wildman–Crippen MR) is 54.7 cm³/mol. The van der Waals surface area contributed by atoms with Gasteiger partial charge in [0.1, 0.15) is 5.69 Å². The van der Waals surface area contributed by atoms with Crippen LogP contribution in [0.1, 0.15) is 11.4 Å². The van der Waals surface area contributed by atoms with Crippen LogP contribution in [0, 0.1) is 13.8 Å². The highest BCUT2D eigenvalue weighted by Gasteiger charge is 2.02. The van der Waals surface area contributed by atoms with E-state index in [0.29, 0.717) is 5.82 Å². The van der Waals surface area contributed by atoms with Crippen molar-refractivity contribution in [2.75, 3.05) is 0 Å². The van der Waals surface area contributed by atoms with E-state index in [0.717, 1.165) is 17.1 Å². The summed E-state index contributed by atoms with van der Waals surface area (Å²) in [5.74, 6) is 0.697. The van der Waals surface area contributed by atoms with E-state index in [9.17, 15) is 0 Å². The van der Waals surface area contributed by atoms with Gasteiger partial charge in [-0.25, -0.2) is 9.97 Å². The van der Waals surface area contributed by atoms with Crippen LogP contribution in [-0.4, -0.2) is 15.0 Å². The van der Waals surface area contributed by atoms with Crippen molar-refractivity contribution in [2.45, 2.75) is 13.8 Å². The molecule has 0 amide bonds. The molecule has 0 bridgehead atoms. The van der Waals surface area contributed by atoms with Gasteiger partial charge in [0.05, 0.1) is 0 Å². The number of rotatable bonds is 1. The third-order valence-corrected chi connectivity index (χ3v) is 1.88. The summed E-state index contributed by atoms with van der Waals surface area (Å²) >= 11 is 0. The minimum atomic E-state index is 0.697. The zero-order valence-electron chi connectivity index (χ0n) is 8.23. The standard InChI is InChI=1S/C11H11N3/c1-8-7-9(2)14-11(13-8)10-5-3-4-6-12-10/h3-7H,1-2H3. The van der Waals surface area contributed by atoms with Gasteiger partial charge >= 0.3 is 0 Å². The van der Waals surface area contributed by atoms with Crippen LogP contribution in [0.25, 0.3) is 11.5 Å². The fourth-order valence-corrected chi connectivity index (χ4v) is 1.34. The molecule has 0 spiro atoms. The first kappa shape index (κ1) is 8.81. The van der Waals surface area contributed by atoms with Crippen LogP contribution in [0.2, 0.25) is 0 Å². The summed E-state index contributed by atoms with van der Waals surface area (Å²) < 4.78 is 0. The molecule has 0 aromatic carbocycles. The Hall–Kier alpha value is -1.77. The molecule has 0 saturated carbocycles. The lowest BCUT2D eigenvalue weighted by molar-refractivity contribution is 1.05. The van der Waals surface area contributed by atoms with Gasteiger partial charge in [0.25, 0.3) is 0 Å². The quantitative estimate of drug-likeness (QED) is 0.683. The van der Waals surface area contributed by atoms with Crippen molar-refractivity contribution in [3.05, 3.63) is 41.9 Å². The number of hydrogen-bond donors (Lipinski definition) is 0. The van der Waals surface area contributed by atoms with Crippen LogP contribution in [0.15, 0.2) is 30.5 Å². The second-order valence-electron chi connectivity index (χ2n) is 3.19. The smallest absolute Gasteiger partial charge is 0.178 e. The molecule has 14 heavy (non-hydrogen) atoms. The van der Waals surface area contributed by atoms with Gasteiger partial charge in [-0.05, 0) is 32.0 Å². The molecule has 0 unspecified atom stereocenters. The summed E-state index contributed by atoms with van der Waals surface area (Å²) in [5, 5.41) is 0. The maximum absolute atomic E-state index is 4.33. The lowest BCUT2D eigenvalue weighted by Gasteiger charge is -2.01. The largest absolute Gasteiger partial charge is 0.253 e. The topological polar surface area (TPSA) is 38.7 Å². The highest BCUT2D eigenvalue weighted by Crippen LogP contribution is 2.11. The highest BCUT2D eigenvalue weighted by molar-refractivity contribution is 5.48. The third kappa shape index (κ3) is 1.76. The first-order valence-corrected chi connectivity index (χ1v) is 4.49. The Balaban J connectivity index is 2.52. The zero-order valence-corrected chi connectivity index (χ0v) is 8.23. The summed E-state index contributed by atoms with van der Waals surface area (Å²) in [7, 11) is 0. The van der Waals surface area contributed by atoms with Gasteiger partial charge in [-0.15, -0.1) is 0 Å². The monoisotopic (exact) mass is 185 g/mol. The first-order chi connectivity index (χ1) is 6.75. The van der Waals surface area contributed by atoms with Gasteiger partial charge in [-0.1, -0.05) is 6.07 Å². The van der Waals surface area contributed by atoms with Crippen molar-refractivity contribution in [1.29, 1.82) is 0 Å². The lowest BCUT2D eigenvalue weighted by Crippen LogP contribution is -1.95. The van der Waals surface area contributed by atoms with E-state index < -0.39 is 0 Å². The van der Waals surface area contributed by atoms with E-state index in [4.69, 9.17) is 0 Å². The average Bonchev–Trinajstić information content (AvgIpc) is 2.18. The second kappa shape index (κ2) is 3.54. The van der Waals surface area contributed by atoms with E-state index >= 15 is 0 Å². The molecular formula is C11H11N3. The Morgan fingerprint density at radius 2 is 1.71 bits per heavy atom. The fraction of sp³-hybridized carbons (Fsp3) is 0.182. The van der Waals surface area contributed by atoms with E-state index in [1.165, 1.54) is 0 Å². The van der Waals surface area contributed by atoms with Crippen molar-refractivity contribution in [1.82, 2.24) is 15.0 Å². The predicted octanol–water partition coefficient (Wildman–Crippen LogP) is 2.16. The van der Waals surface area contributed by atoms with Crippen molar-refractivity contribution in [2.24, 2.45) is 0 Å². The minimum absolute atomic E-state index is 0.697. The van der Waals surface area contributed by atoms with Gasteiger partial charge in [-0.3, -0.25) is 4.98 Å². The van der Waals surface area contributed by atoms with E-state index in [2.05, 4.69) is 15.0 Å². The first-order valence-electron chi connectivity index (χ1n) is 4.49. The molecule has 0 atom stereocenters. The normalized spacial score (nSPS) is 10.1. The Bertz CT molecular complexity index is 417. The molecule has 2 aromatic rings. The van der Waals surface area contributed by atoms with Gasteiger partial charge in [-0.2, -0.15) is 0 Å². The van der Waals surface area contributed by atoms with Crippen molar-refractivity contribution in [3.63, 3.8) is 0 Å². The Morgan fingerprint density at radius 1 is 1.00 bits per heavy atom. The molecule has 0 saturated heterocycles. The molecule has 0 radical (unpaired) electrons. The number of nitrogens with zero attached hydrogens (tertiary/aromatic N) is 3. The Morgan fingerprint density at radius 3 is 2.29 bits per heavy atom. The molecule has 2 heterocycles. The van der Waals surface area contributed by atoms with E-state index in [1.807, 2.05) is 38.1 Å². The van der Waals surface area contributed by atoms with Crippen LogP contribution < -0.4 is 0 Å². The Kier molecular flexibility index (Phi) is 2.23. The molecule has 3 nitrogen and oxygen atoms in total. The zero-order chi connectivity index (χ0) is 9.97. The summed E-state index contributed by atoms with van der Waals surface area (Å²) in [5.41, 5.74) is 2.76. The highest BCUT2D eigenvalue weighted by atomic mass is 14.9. The van der Waals surface area contributed by atoms with Gasteiger partial charge < -0.3 is 0 Å². The molecule has 3 heteroatoms. The average molecular weight is 185 g/mol. The van der Waals surface area contributed by atoms with Gasteiger partial charge in [0.2, 0.25) is 0 Å². The fourth-order valence-electron chi connectivity index (χ4n) is 1.34. The molecule has 0 aliphatic heterocycles. The summed E-state index contributed by atoms with van der Waals surface area (Å²) in [6.07, 6.45) is 1.75. The third-order valence-electron chi connectivity index (χ3n) is 1.88. The second-order valence-corrected chi connectivity index (χ2v) is 3.19. The number of hydrogen-bond acceptors (Lipinski definition) is 3. The lowest BCUT2D eigenvalue weighted by atomic mass is 10.3. The van der Waals surface area contributed by atoms with Crippen molar-refractivity contribution < 1.29 is 0 Å². The molecule has 2 aromatic heterocycles. The molecule has 0 fully saturated rings. The van der Waals surface area contributed by atoms with Crippen LogP contribution in [0.3, 0.4) is 0 Å². The summed E-state index contributed by atoms with van der Waals surface area (Å²) in [6, 6.07) is 7.68. The van der Waals surface area contributed by atoms with E-state index in [1.54, 1.807) is 6.20 Å². The van der Waals surface area contributed by atoms with Gasteiger partial charge in [0.15, 0.2) is 5.82 Å². The van der Waals surface area contributed by atoms with Crippen LogP contribution >= 0.6 is 0 Å². The molecule has 2 rings (SSSR count). The molecule has 0 aliphatic carbocycles. The number of aryl methyl sites for hydroxylation is 2. The minimum Gasteiger partial charge on any atom is -0.253 e. The summed E-state index contributed by atoms with van der Waals surface area (Å²) in [4.78, 5) is 12.9. The maximum atomic E-state index is 4.33. The summed E-state index contributed by atoms with van der Waals surface area (Å²) in [6.45, 7) is 3.92. The molecule has 0 aliphatic rings. The molecular weight excluding hydrogens is 174 g/mol. The molecule has 70 valence electrons. The van der Waals surface area contributed by atoms with Gasteiger partial charge in [0, 0.05) is 17.6 Å². The Labute approximate surface area is 82.9 Å². The van der Waals surface area contributed by atoms with Crippen LogP contribution in [0.4, 0.5) is 0 Å². The van der Waals surface area contributed by atoms with E-state index in [-0.39, 0.29) is 0 Å².